The first kappa shape index (κ1) is 34.7. The summed E-state index contributed by atoms with van der Waals surface area (Å²) in [5, 5.41) is 10.0. The summed E-state index contributed by atoms with van der Waals surface area (Å²) in [6.45, 7) is 0.984. The van der Waals surface area contributed by atoms with Gasteiger partial charge in [-0.3, -0.25) is 9.18 Å². The Kier molecular flexibility index (Phi) is 9.69. The van der Waals surface area contributed by atoms with E-state index in [1.165, 1.54) is 61.5 Å². The van der Waals surface area contributed by atoms with Crippen molar-refractivity contribution in [2.24, 2.45) is 0 Å². The maximum Gasteiger partial charge on any atom is 0.416 e. The zero-order chi connectivity index (χ0) is 33.5. The average molecular weight is 650 g/mol. The van der Waals surface area contributed by atoms with E-state index in [0.29, 0.717) is 5.56 Å². The standard InChI is InChI=1S/C29H23B4ClF4N2O4S/c1-2-45(43,44)22-8-4-16(5-9-22)24(15-41)39-26(42)18-6-10-25-19(11-18)13-21(40(25)29(32,33)28(30,31)38)12-17-3-7-20(34)14-23(17)27(35,36)37/h3-11,13-14,24,41H,2,12,15H2,1H3,(H,39,42)/t24-/m0/s1. The number of sulfone groups is 1. The van der Waals surface area contributed by atoms with E-state index in [2.05, 4.69) is 5.32 Å². The molecule has 1 amide bonds. The summed E-state index contributed by atoms with van der Waals surface area (Å²) in [5.74, 6) is -0.753. The highest BCUT2D eigenvalue weighted by molar-refractivity contribution is 7.91. The number of alkyl halides is 4. The number of aliphatic hydroxyl groups excluding tert-OH is 1. The van der Waals surface area contributed by atoms with Gasteiger partial charge >= 0.3 is 6.18 Å². The highest BCUT2D eigenvalue weighted by atomic mass is 35.5. The molecular formula is C29H23B4ClF4N2O4S. The van der Waals surface area contributed by atoms with Gasteiger partial charge in [0.15, 0.2) is 9.84 Å². The number of halogens is 5. The molecule has 4 aromatic rings. The molecular weight excluding hydrogens is 627 g/mol. The summed E-state index contributed by atoms with van der Waals surface area (Å²) in [4.78, 5) is 13.3. The lowest BCUT2D eigenvalue weighted by Gasteiger charge is -2.41. The average Bonchev–Trinajstić information content (AvgIpc) is 3.33. The molecule has 0 saturated heterocycles. The molecule has 0 aliphatic heterocycles. The van der Waals surface area contributed by atoms with E-state index in [9.17, 15) is 35.9 Å². The molecule has 4 rings (SSSR count). The quantitative estimate of drug-likeness (QED) is 0.200. The monoisotopic (exact) mass is 650 g/mol. The first-order valence-corrected chi connectivity index (χ1v) is 15.4. The molecule has 226 valence electrons. The molecule has 0 saturated carbocycles. The summed E-state index contributed by atoms with van der Waals surface area (Å²) in [6.07, 6.45) is -5.23. The second-order valence-electron chi connectivity index (χ2n) is 10.5. The number of nitrogens with one attached hydrogen (secondary N) is 1. The van der Waals surface area contributed by atoms with Crippen LogP contribution >= 0.6 is 11.6 Å². The van der Waals surface area contributed by atoms with Crippen molar-refractivity contribution < 1.29 is 35.9 Å². The maximum atomic E-state index is 14.9. The highest BCUT2D eigenvalue weighted by Gasteiger charge is 2.39. The van der Waals surface area contributed by atoms with Crippen LogP contribution in [0.4, 0.5) is 17.6 Å². The van der Waals surface area contributed by atoms with Crippen LogP contribution < -0.4 is 5.32 Å². The van der Waals surface area contributed by atoms with Gasteiger partial charge in [0, 0.05) is 39.1 Å². The Balaban J connectivity index is 1.74. The Hall–Kier alpha value is -3.15. The number of amides is 1. The van der Waals surface area contributed by atoms with Crippen LogP contribution in [0.5, 0.6) is 0 Å². The van der Waals surface area contributed by atoms with Gasteiger partial charge in [-0.2, -0.15) is 13.2 Å². The predicted molar refractivity (Wildman–Crippen MR) is 167 cm³/mol. The fourth-order valence-corrected chi connectivity index (χ4v) is 5.92. The topological polar surface area (TPSA) is 88.4 Å². The molecule has 0 unspecified atom stereocenters. The number of aliphatic hydroxyl groups is 1. The van der Waals surface area contributed by atoms with Gasteiger partial charge in [-0.05, 0) is 65.0 Å². The van der Waals surface area contributed by atoms with E-state index >= 15 is 0 Å². The summed E-state index contributed by atoms with van der Waals surface area (Å²) < 4.78 is 81.7. The third-order valence-electron chi connectivity index (χ3n) is 7.38. The van der Waals surface area contributed by atoms with Gasteiger partial charge in [0.25, 0.3) is 5.91 Å². The highest BCUT2D eigenvalue weighted by Crippen LogP contribution is 2.37. The Bertz CT molecular complexity index is 1840. The van der Waals surface area contributed by atoms with Crippen molar-refractivity contribution in [3.05, 3.63) is 99.7 Å². The molecule has 1 aromatic heterocycles. The number of nitrogens with zero attached hydrogens (tertiary/aromatic N) is 1. The molecule has 0 aliphatic rings. The number of carbonyl (C=O) groups is 1. The lowest BCUT2D eigenvalue weighted by atomic mass is 9.41. The summed E-state index contributed by atoms with van der Waals surface area (Å²) in [5.41, 5.74) is -3.91. The molecule has 0 spiro atoms. The third kappa shape index (κ3) is 7.15. The van der Waals surface area contributed by atoms with Gasteiger partial charge in [0.05, 0.1) is 44.6 Å². The fraction of sp³-hybridized carbons (Fsp3) is 0.276. The van der Waals surface area contributed by atoms with Crippen molar-refractivity contribution in [3.8, 4) is 0 Å². The van der Waals surface area contributed by atoms with Crippen LogP contribution in [0.1, 0.15) is 45.7 Å². The van der Waals surface area contributed by atoms with Crippen LogP contribution in [0.15, 0.2) is 71.6 Å². The molecule has 45 heavy (non-hydrogen) atoms. The number of hydrogen-bond donors (Lipinski definition) is 2. The number of hydrogen-bond acceptors (Lipinski definition) is 4. The second-order valence-corrected chi connectivity index (χ2v) is 13.2. The Labute approximate surface area is 268 Å². The minimum atomic E-state index is -4.77. The molecule has 8 radical (unpaired) electrons. The number of carbonyl (C=O) groups excluding carboxylic acids is 1. The molecule has 1 heterocycles. The van der Waals surface area contributed by atoms with Gasteiger partial charge in [-0.15, -0.1) is 0 Å². The number of aromatic nitrogens is 1. The third-order valence-corrected chi connectivity index (χ3v) is 9.37. The van der Waals surface area contributed by atoms with Gasteiger partial charge in [-0.25, -0.2) is 8.42 Å². The lowest BCUT2D eigenvalue weighted by molar-refractivity contribution is -0.138. The molecule has 2 N–H and O–H groups in total. The SMILES string of the molecule is [B]C([B])(F)C([B])([B])n1c(Cc2ccc(Cl)cc2C(F)(F)F)cc2cc(C(=O)N[C@@H](CO)c3ccc(S(=O)(=O)CC)cc3)ccc21. The van der Waals surface area contributed by atoms with Crippen LogP contribution in [0.25, 0.3) is 10.9 Å². The summed E-state index contributed by atoms with van der Waals surface area (Å²) in [6, 6.07) is 13.4. The van der Waals surface area contributed by atoms with Crippen molar-refractivity contribution in [3.63, 3.8) is 0 Å². The van der Waals surface area contributed by atoms with Crippen molar-refractivity contribution in [2.45, 2.75) is 41.3 Å². The molecule has 6 nitrogen and oxygen atoms in total. The van der Waals surface area contributed by atoms with E-state index in [-0.39, 0.29) is 43.4 Å². The van der Waals surface area contributed by atoms with Crippen molar-refractivity contribution >= 4 is 69.6 Å². The zero-order valence-electron chi connectivity index (χ0n) is 23.8. The molecule has 0 aliphatic carbocycles. The van der Waals surface area contributed by atoms with Gasteiger partial charge in [0.2, 0.25) is 0 Å². The van der Waals surface area contributed by atoms with E-state index in [1.54, 1.807) is 0 Å². The van der Waals surface area contributed by atoms with Crippen molar-refractivity contribution in [1.82, 2.24) is 9.88 Å². The first-order valence-electron chi connectivity index (χ1n) is 13.4. The maximum absolute atomic E-state index is 14.9. The minimum Gasteiger partial charge on any atom is -0.394 e. The van der Waals surface area contributed by atoms with Crippen LogP contribution in [-0.4, -0.2) is 73.2 Å². The summed E-state index contributed by atoms with van der Waals surface area (Å²) in [7, 11) is 19.5. The smallest absolute Gasteiger partial charge is 0.394 e. The van der Waals surface area contributed by atoms with Crippen LogP contribution in [-0.2, 0) is 27.8 Å². The molecule has 3 aromatic carbocycles. The first-order chi connectivity index (χ1) is 20.8. The molecule has 0 fully saturated rings. The van der Waals surface area contributed by atoms with E-state index in [1.807, 2.05) is 0 Å². The molecule has 16 heteroatoms. The van der Waals surface area contributed by atoms with E-state index < -0.39 is 57.4 Å². The normalized spacial score (nSPS) is 13.6. The number of fused-ring (bicyclic) bond motifs is 1. The van der Waals surface area contributed by atoms with Gasteiger partial charge < -0.3 is 15.0 Å². The number of rotatable bonds is 10. The van der Waals surface area contributed by atoms with Crippen LogP contribution in [0, 0.1) is 0 Å². The van der Waals surface area contributed by atoms with Gasteiger partial charge in [-0.1, -0.05) is 36.7 Å². The largest absolute Gasteiger partial charge is 0.416 e. The van der Waals surface area contributed by atoms with E-state index in [0.717, 1.165) is 16.7 Å². The van der Waals surface area contributed by atoms with Gasteiger partial charge in [0.1, 0.15) is 15.7 Å². The Morgan fingerprint density at radius 3 is 2.18 bits per heavy atom. The second kappa shape index (κ2) is 12.6. The minimum absolute atomic E-state index is 0.00587. The molecule has 0 bridgehead atoms. The number of benzene rings is 3. The van der Waals surface area contributed by atoms with Crippen molar-refractivity contribution in [1.29, 1.82) is 0 Å². The Morgan fingerprint density at radius 1 is 0.978 bits per heavy atom. The predicted octanol–water partition coefficient (Wildman–Crippen LogP) is 4.07. The Morgan fingerprint density at radius 2 is 1.62 bits per heavy atom. The van der Waals surface area contributed by atoms with Crippen LogP contribution in [0.2, 0.25) is 5.02 Å². The van der Waals surface area contributed by atoms with Crippen molar-refractivity contribution in [2.75, 3.05) is 12.4 Å². The zero-order valence-corrected chi connectivity index (χ0v) is 25.3. The fourth-order valence-electron chi connectivity index (χ4n) is 4.86. The summed E-state index contributed by atoms with van der Waals surface area (Å²) >= 11 is 5.81. The molecule has 1 atom stereocenters. The van der Waals surface area contributed by atoms with E-state index in [4.69, 9.17) is 43.0 Å². The van der Waals surface area contributed by atoms with Crippen LogP contribution in [0.3, 0.4) is 0 Å². The lowest BCUT2D eigenvalue weighted by Crippen LogP contribution is -2.55.